The number of halogens is 2. The zero-order chi connectivity index (χ0) is 10.3. The van der Waals surface area contributed by atoms with E-state index in [4.69, 9.17) is 5.26 Å². The Morgan fingerprint density at radius 1 is 1.46 bits per heavy atom. The summed E-state index contributed by atoms with van der Waals surface area (Å²) in [7, 11) is 0. The fourth-order valence-corrected chi connectivity index (χ4v) is 0.719. The van der Waals surface area contributed by atoms with Crippen LogP contribution in [0.4, 0.5) is 4.79 Å². The summed E-state index contributed by atoms with van der Waals surface area (Å²) < 4.78 is 8.52. The van der Waals surface area contributed by atoms with E-state index < -0.39 is 12.0 Å². The third-order valence-electron chi connectivity index (χ3n) is 0.813. The van der Waals surface area contributed by atoms with E-state index in [0.29, 0.717) is 0 Å². The Labute approximate surface area is 102 Å². The number of hydrogen-bond acceptors (Lipinski definition) is 5. The van der Waals surface area contributed by atoms with Crippen molar-refractivity contribution in [2.75, 3.05) is 0 Å². The van der Waals surface area contributed by atoms with Gasteiger partial charge >= 0.3 is 6.09 Å². The molecule has 0 rings (SSSR count). The summed E-state index contributed by atoms with van der Waals surface area (Å²) in [5.74, 6) is -0.874. The van der Waals surface area contributed by atoms with E-state index in [2.05, 4.69) is 6.13 Å². The summed E-state index contributed by atoms with van der Waals surface area (Å²) in [4.78, 5) is 21.4. The molecule has 13 heavy (non-hydrogen) atoms. The Kier molecular flexibility index (Phi) is 6.59. The van der Waals surface area contributed by atoms with Gasteiger partial charge in [-0.2, -0.15) is 5.26 Å². The van der Waals surface area contributed by atoms with Crippen LogP contribution < -0.4 is 5.32 Å². The van der Waals surface area contributed by atoms with Crippen LogP contribution in [0.3, 0.4) is 0 Å². The number of amides is 2. The van der Waals surface area contributed by atoms with Crippen LogP contribution in [0.25, 0.3) is 0 Å². The summed E-state index contributed by atoms with van der Waals surface area (Å²) in [5.41, 5.74) is -0.323. The lowest BCUT2D eigenvalue weighted by Gasteiger charge is -1.97. The molecule has 0 fully saturated rings. The zero-order valence-electron chi connectivity index (χ0n) is 5.91. The third-order valence-corrected chi connectivity index (χ3v) is 1.47. The molecule has 0 aliphatic rings. The lowest BCUT2D eigenvalue weighted by atomic mass is 10.3. The van der Waals surface area contributed by atoms with Gasteiger partial charge in [-0.3, -0.25) is 10.1 Å². The minimum absolute atomic E-state index is 0.323. The van der Waals surface area contributed by atoms with E-state index in [-0.39, 0.29) is 5.57 Å². The highest BCUT2D eigenvalue weighted by molar-refractivity contribution is 14.1. The SMILES string of the molecule is N#C/C(=C/OI)C(=O)NC(=O)OI. The summed E-state index contributed by atoms with van der Waals surface area (Å²) in [5, 5.41) is 10.2. The first-order chi connectivity index (χ1) is 6.15. The van der Waals surface area contributed by atoms with Gasteiger partial charge < -0.3 is 6.13 Å². The van der Waals surface area contributed by atoms with Crippen LogP contribution in [0.1, 0.15) is 0 Å². The van der Waals surface area contributed by atoms with Crippen molar-refractivity contribution in [3.05, 3.63) is 11.8 Å². The van der Waals surface area contributed by atoms with Gasteiger partial charge in [-0.15, -0.1) is 0 Å². The quantitative estimate of drug-likeness (QED) is 0.323. The van der Waals surface area contributed by atoms with Crippen molar-refractivity contribution < 1.29 is 15.7 Å². The maximum absolute atomic E-state index is 10.9. The molecular weight excluding hydrogens is 406 g/mol. The molecule has 1 N–H and O–H groups in total. The summed E-state index contributed by atoms with van der Waals surface area (Å²) in [6.07, 6.45) is -0.0312. The number of nitrogens with zero attached hydrogens (tertiary/aromatic N) is 1. The van der Waals surface area contributed by atoms with Crippen LogP contribution >= 0.6 is 46.0 Å². The number of nitriles is 1. The van der Waals surface area contributed by atoms with E-state index >= 15 is 0 Å². The Balaban J connectivity index is 4.34. The van der Waals surface area contributed by atoms with Crippen molar-refractivity contribution >= 4 is 58.0 Å². The first-order valence-corrected chi connectivity index (χ1v) is 4.43. The lowest BCUT2D eigenvalue weighted by molar-refractivity contribution is -0.116. The minimum atomic E-state index is -0.944. The average molecular weight is 408 g/mol. The molecule has 0 aliphatic carbocycles. The number of carbonyl (C=O) groups is 2. The van der Waals surface area contributed by atoms with Crippen molar-refractivity contribution in [2.24, 2.45) is 0 Å². The van der Waals surface area contributed by atoms with Gasteiger partial charge in [0, 0.05) is 0 Å². The van der Waals surface area contributed by atoms with E-state index in [1.807, 2.05) is 0 Å². The van der Waals surface area contributed by atoms with Crippen LogP contribution in [0, 0.1) is 11.3 Å². The number of carbonyl (C=O) groups excluding carboxylic acids is 2. The fraction of sp³-hybridized carbons (Fsp3) is 0. The van der Waals surface area contributed by atoms with Gasteiger partial charge in [0.05, 0.1) is 0 Å². The van der Waals surface area contributed by atoms with Crippen molar-refractivity contribution in [1.29, 1.82) is 5.26 Å². The Morgan fingerprint density at radius 2 is 2.08 bits per heavy atom. The molecule has 0 saturated carbocycles. The van der Waals surface area contributed by atoms with Crippen LogP contribution in [-0.4, -0.2) is 12.0 Å². The first-order valence-electron chi connectivity index (χ1n) is 2.67. The molecule has 0 radical (unpaired) electrons. The summed E-state index contributed by atoms with van der Waals surface area (Å²) in [6, 6.07) is 1.54. The maximum atomic E-state index is 10.9. The van der Waals surface area contributed by atoms with Crippen LogP contribution in [0.15, 0.2) is 11.8 Å². The molecule has 0 saturated heterocycles. The molecule has 0 atom stereocenters. The highest BCUT2D eigenvalue weighted by Gasteiger charge is 2.13. The molecule has 2 amide bonds. The monoisotopic (exact) mass is 408 g/mol. The van der Waals surface area contributed by atoms with Crippen molar-refractivity contribution in [1.82, 2.24) is 5.32 Å². The highest BCUT2D eigenvalue weighted by Crippen LogP contribution is 1.97. The van der Waals surface area contributed by atoms with E-state index in [0.717, 1.165) is 6.26 Å². The topological polar surface area (TPSA) is 88.4 Å². The van der Waals surface area contributed by atoms with Crippen LogP contribution in [0.5, 0.6) is 0 Å². The van der Waals surface area contributed by atoms with Gasteiger partial charge in [0.15, 0.2) is 51.6 Å². The van der Waals surface area contributed by atoms with Crippen molar-refractivity contribution in [3.8, 4) is 6.07 Å². The van der Waals surface area contributed by atoms with Crippen LogP contribution in [0.2, 0.25) is 0 Å². The lowest BCUT2D eigenvalue weighted by Crippen LogP contribution is -2.30. The maximum Gasteiger partial charge on any atom is 0.423 e. The molecule has 0 bridgehead atoms. The Morgan fingerprint density at radius 3 is 2.46 bits per heavy atom. The van der Waals surface area contributed by atoms with Crippen LogP contribution in [-0.2, 0) is 10.9 Å². The largest absolute Gasteiger partial charge is 0.434 e. The second-order valence-corrected chi connectivity index (χ2v) is 2.50. The Bertz CT molecular complexity index is 283. The molecule has 8 heteroatoms. The van der Waals surface area contributed by atoms with Crippen molar-refractivity contribution in [2.45, 2.75) is 0 Å². The van der Waals surface area contributed by atoms with Crippen molar-refractivity contribution in [3.63, 3.8) is 0 Å². The predicted octanol–water partition coefficient (Wildman–Crippen LogP) is 1.36. The average Bonchev–Trinajstić information content (AvgIpc) is 2.13. The van der Waals surface area contributed by atoms with Gasteiger partial charge in [0.1, 0.15) is 12.3 Å². The normalized spacial score (nSPS) is 9.77. The number of imide groups is 1. The van der Waals surface area contributed by atoms with Gasteiger partial charge in [-0.1, -0.05) is 0 Å². The zero-order valence-corrected chi connectivity index (χ0v) is 10.2. The van der Waals surface area contributed by atoms with Gasteiger partial charge in [-0.05, 0) is 0 Å². The van der Waals surface area contributed by atoms with E-state index in [1.54, 1.807) is 11.4 Å². The minimum Gasteiger partial charge on any atom is -0.434 e. The van der Waals surface area contributed by atoms with Gasteiger partial charge in [0.25, 0.3) is 5.91 Å². The molecule has 0 aromatic rings. The number of nitrogens with one attached hydrogen (secondary N) is 1. The second-order valence-electron chi connectivity index (χ2n) is 1.55. The molecule has 0 spiro atoms. The molecule has 0 unspecified atom stereocenters. The molecule has 6 nitrogen and oxygen atoms in total. The molecule has 0 aromatic carbocycles. The van der Waals surface area contributed by atoms with Gasteiger partial charge in [-0.25, -0.2) is 4.79 Å². The predicted molar refractivity (Wildman–Crippen MR) is 57.4 cm³/mol. The Hall–Kier alpha value is -0.570. The summed E-state index contributed by atoms with van der Waals surface area (Å²) >= 11 is 2.78. The van der Waals surface area contributed by atoms with E-state index in [1.165, 1.54) is 46.0 Å². The van der Waals surface area contributed by atoms with E-state index in [9.17, 15) is 9.59 Å². The number of hydrogen-bond donors (Lipinski definition) is 1. The number of rotatable bonds is 2. The molecular formula is C5H2I2N2O4. The summed E-state index contributed by atoms with van der Waals surface area (Å²) in [6.45, 7) is 0. The third kappa shape index (κ3) is 4.88. The molecule has 0 aromatic heterocycles. The standard InChI is InChI=1S/C5H2I2N2O4/c6-12-2-3(1-8)4(10)9-5(11)13-7/h2H,(H,9,10,11)/b3-2-. The first kappa shape index (κ1) is 12.4. The second kappa shape index (κ2) is 6.89. The molecule has 70 valence electrons. The smallest absolute Gasteiger partial charge is 0.423 e. The highest BCUT2D eigenvalue weighted by atomic mass is 127. The molecule has 0 aliphatic heterocycles. The van der Waals surface area contributed by atoms with Gasteiger partial charge in [0.2, 0.25) is 0 Å². The fourth-order valence-electron chi connectivity index (χ4n) is 0.355. The molecule has 0 heterocycles.